The fourth-order valence-corrected chi connectivity index (χ4v) is 2.66. The van der Waals surface area contributed by atoms with Crippen LogP contribution in [0.4, 0.5) is 0 Å². The lowest BCUT2D eigenvalue weighted by Crippen LogP contribution is -2.37. The number of aliphatic hydroxyl groups excluding tert-OH is 1. The number of aliphatic hydroxyl groups is 1. The van der Waals surface area contributed by atoms with Crippen LogP contribution in [0.5, 0.6) is 0 Å². The Hall–Kier alpha value is -1.48. The molecule has 0 spiro atoms. The second-order valence-corrected chi connectivity index (χ2v) is 5.33. The number of hydrogen-bond acceptors (Lipinski definition) is 6. The molecule has 3 heterocycles. The van der Waals surface area contributed by atoms with Gasteiger partial charge in [0, 0.05) is 12.3 Å². The van der Waals surface area contributed by atoms with E-state index in [-0.39, 0.29) is 6.61 Å². The van der Waals surface area contributed by atoms with Gasteiger partial charge in [-0.05, 0) is 13.8 Å². The van der Waals surface area contributed by atoms with E-state index in [1.165, 1.54) is 16.8 Å². The Kier molecular flexibility index (Phi) is 3.05. The summed E-state index contributed by atoms with van der Waals surface area (Å²) in [5.41, 5.74) is -1.07. The van der Waals surface area contributed by atoms with Crippen molar-refractivity contribution < 1.29 is 19.3 Å². The maximum absolute atomic E-state index is 11.8. The second-order valence-electron chi connectivity index (χ2n) is 5.33. The van der Waals surface area contributed by atoms with Crippen LogP contribution in [0.15, 0.2) is 21.9 Å². The van der Waals surface area contributed by atoms with Crippen LogP contribution in [0.1, 0.15) is 20.1 Å². The van der Waals surface area contributed by atoms with E-state index >= 15 is 0 Å². The number of nitrogens with zero attached hydrogens (tertiary/aromatic N) is 1. The summed E-state index contributed by atoms with van der Waals surface area (Å²) < 4.78 is 18.3. The van der Waals surface area contributed by atoms with Gasteiger partial charge in [-0.3, -0.25) is 14.3 Å². The summed E-state index contributed by atoms with van der Waals surface area (Å²) >= 11 is 0. The van der Waals surface area contributed by atoms with Gasteiger partial charge < -0.3 is 19.3 Å². The van der Waals surface area contributed by atoms with Gasteiger partial charge in [0.2, 0.25) is 0 Å². The van der Waals surface area contributed by atoms with E-state index in [2.05, 4.69) is 4.98 Å². The van der Waals surface area contributed by atoms with Crippen molar-refractivity contribution >= 4 is 0 Å². The zero-order valence-corrected chi connectivity index (χ0v) is 11.1. The monoisotopic (exact) mass is 284 g/mol. The number of fused-ring (bicyclic) bond motifs is 1. The van der Waals surface area contributed by atoms with Gasteiger partial charge in [0.25, 0.3) is 5.56 Å². The number of hydrogen-bond donors (Lipinski definition) is 2. The number of nitrogens with one attached hydrogen (secondary N) is 1. The summed E-state index contributed by atoms with van der Waals surface area (Å²) in [6.45, 7) is 3.27. The van der Waals surface area contributed by atoms with Gasteiger partial charge in [0.05, 0.1) is 6.61 Å². The third kappa shape index (κ3) is 2.10. The number of H-pyrrole nitrogens is 1. The van der Waals surface area contributed by atoms with Crippen molar-refractivity contribution in [3.63, 3.8) is 0 Å². The summed E-state index contributed by atoms with van der Waals surface area (Å²) in [6.07, 6.45) is -0.962. The summed E-state index contributed by atoms with van der Waals surface area (Å²) in [5, 5.41) is 9.36. The minimum atomic E-state index is -0.809. The van der Waals surface area contributed by atoms with Gasteiger partial charge in [0.1, 0.15) is 18.3 Å². The van der Waals surface area contributed by atoms with Crippen LogP contribution < -0.4 is 11.2 Å². The highest BCUT2D eigenvalue weighted by molar-refractivity contribution is 4.98. The molecule has 0 bridgehead atoms. The van der Waals surface area contributed by atoms with Crippen molar-refractivity contribution in [3.8, 4) is 0 Å². The fourth-order valence-electron chi connectivity index (χ4n) is 2.66. The van der Waals surface area contributed by atoms with E-state index in [4.69, 9.17) is 14.2 Å². The molecule has 4 atom stereocenters. The molecule has 0 aromatic carbocycles. The number of rotatable bonds is 2. The van der Waals surface area contributed by atoms with Crippen molar-refractivity contribution in [2.45, 2.75) is 44.2 Å². The van der Waals surface area contributed by atoms with E-state index in [9.17, 15) is 14.7 Å². The van der Waals surface area contributed by atoms with Crippen LogP contribution in [-0.4, -0.2) is 45.4 Å². The van der Waals surface area contributed by atoms with E-state index < -0.39 is 41.6 Å². The molecule has 3 rings (SSSR count). The molecule has 20 heavy (non-hydrogen) atoms. The number of aromatic amines is 1. The topological polar surface area (TPSA) is 103 Å². The summed E-state index contributed by atoms with van der Waals surface area (Å²) in [6, 6.07) is 1.23. The van der Waals surface area contributed by atoms with Crippen molar-refractivity contribution in [1.29, 1.82) is 0 Å². The Bertz CT molecular complexity index is 621. The van der Waals surface area contributed by atoms with Crippen molar-refractivity contribution in [3.05, 3.63) is 33.1 Å². The zero-order chi connectivity index (χ0) is 14.5. The molecule has 8 heteroatoms. The average molecular weight is 284 g/mol. The third-order valence-corrected chi connectivity index (χ3v) is 3.43. The molecule has 0 aliphatic carbocycles. The second kappa shape index (κ2) is 4.52. The molecule has 1 aromatic rings. The summed E-state index contributed by atoms with van der Waals surface area (Å²) in [4.78, 5) is 25.1. The van der Waals surface area contributed by atoms with Crippen molar-refractivity contribution in [1.82, 2.24) is 9.55 Å². The first kappa shape index (κ1) is 13.5. The minimum Gasteiger partial charge on any atom is -0.394 e. The molecule has 0 radical (unpaired) electrons. The molecule has 0 unspecified atom stereocenters. The molecule has 0 saturated carbocycles. The lowest BCUT2D eigenvalue weighted by molar-refractivity contribution is -0.200. The first-order valence-corrected chi connectivity index (χ1v) is 6.35. The standard InChI is InChI=1S/C12H16N2O6/c1-12(2)19-8-6(5-15)18-10(9(8)20-12)14-4-3-7(16)13-11(14)17/h3-4,6,8-10,15H,5H2,1-2H3,(H,13,16,17)/t6-,8+,9-,10-/m1/s1. The van der Waals surface area contributed by atoms with Gasteiger partial charge >= 0.3 is 5.69 Å². The minimum absolute atomic E-state index is 0.241. The van der Waals surface area contributed by atoms with Crippen LogP contribution in [0.25, 0.3) is 0 Å². The molecule has 2 fully saturated rings. The van der Waals surface area contributed by atoms with E-state index in [0.717, 1.165) is 0 Å². The van der Waals surface area contributed by atoms with Gasteiger partial charge in [-0.25, -0.2) is 4.79 Å². The molecule has 2 aliphatic rings. The molecule has 110 valence electrons. The SMILES string of the molecule is CC1(C)O[C@@H]2[C@@H](O1)[C@@H](CO)O[C@H]2n1ccc(=O)[nH]c1=O. The van der Waals surface area contributed by atoms with Gasteiger partial charge in [-0.2, -0.15) is 0 Å². The molecule has 1 aromatic heterocycles. The summed E-state index contributed by atoms with van der Waals surface area (Å²) in [7, 11) is 0. The van der Waals surface area contributed by atoms with E-state index in [1.807, 2.05) is 0 Å². The highest BCUT2D eigenvalue weighted by atomic mass is 16.8. The van der Waals surface area contributed by atoms with Crippen LogP contribution in [-0.2, 0) is 14.2 Å². The highest BCUT2D eigenvalue weighted by Gasteiger charge is 2.55. The fraction of sp³-hybridized carbons (Fsp3) is 0.667. The Morgan fingerprint density at radius 2 is 2.05 bits per heavy atom. The Morgan fingerprint density at radius 3 is 2.70 bits per heavy atom. The Balaban J connectivity index is 1.98. The van der Waals surface area contributed by atoms with Gasteiger partial charge in [0.15, 0.2) is 12.0 Å². The smallest absolute Gasteiger partial charge is 0.330 e. The maximum atomic E-state index is 11.8. The predicted molar refractivity (Wildman–Crippen MR) is 66.1 cm³/mol. The predicted octanol–water partition coefficient (Wildman–Crippen LogP) is -1.05. The highest BCUT2D eigenvalue weighted by Crippen LogP contribution is 2.42. The van der Waals surface area contributed by atoms with E-state index in [0.29, 0.717) is 0 Å². The molecular weight excluding hydrogens is 268 g/mol. The summed E-state index contributed by atoms with van der Waals surface area (Å²) in [5.74, 6) is -0.809. The van der Waals surface area contributed by atoms with Crippen LogP contribution in [0.2, 0.25) is 0 Å². The van der Waals surface area contributed by atoms with Gasteiger partial charge in [-0.1, -0.05) is 0 Å². The number of ether oxygens (including phenoxy) is 3. The van der Waals surface area contributed by atoms with Crippen LogP contribution >= 0.6 is 0 Å². The Morgan fingerprint density at radius 1 is 1.35 bits per heavy atom. The zero-order valence-electron chi connectivity index (χ0n) is 11.1. The molecule has 2 aliphatic heterocycles. The first-order chi connectivity index (χ1) is 9.41. The average Bonchev–Trinajstić information content (AvgIpc) is 2.83. The normalized spacial score (nSPS) is 35.1. The third-order valence-electron chi connectivity index (χ3n) is 3.43. The lowest BCUT2D eigenvalue weighted by atomic mass is 10.1. The van der Waals surface area contributed by atoms with Crippen LogP contribution in [0.3, 0.4) is 0 Å². The maximum Gasteiger partial charge on any atom is 0.330 e. The molecular formula is C12H16N2O6. The quantitative estimate of drug-likeness (QED) is 0.718. The molecule has 2 saturated heterocycles. The van der Waals surface area contributed by atoms with E-state index in [1.54, 1.807) is 13.8 Å². The molecule has 2 N–H and O–H groups in total. The molecule has 8 nitrogen and oxygen atoms in total. The molecule has 0 amide bonds. The largest absolute Gasteiger partial charge is 0.394 e. The van der Waals surface area contributed by atoms with Gasteiger partial charge in [-0.15, -0.1) is 0 Å². The lowest BCUT2D eigenvalue weighted by Gasteiger charge is -2.24. The number of aromatic nitrogens is 2. The van der Waals surface area contributed by atoms with Crippen molar-refractivity contribution in [2.24, 2.45) is 0 Å². The first-order valence-electron chi connectivity index (χ1n) is 6.35. The van der Waals surface area contributed by atoms with Crippen LogP contribution in [0, 0.1) is 0 Å². The Labute approximate surface area is 113 Å². The van der Waals surface area contributed by atoms with Crippen molar-refractivity contribution in [2.75, 3.05) is 6.61 Å².